The molecule has 0 amide bonds. The van der Waals surface area contributed by atoms with E-state index in [1.165, 1.54) is 41.2 Å². The summed E-state index contributed by atoms with van der Waals surface area (Å²) in [7, 11) is 0. The van der Waals surface area contributed by atoms with Crippen LogP contribution in [0.25, 0.3) is 21.9 Å². The molecular formula is C24H26. The first kappa shape index (κ1) is 15.4. The van der Waals surface area contributed by atoms with Crippen molar-refractivity contribution in [3.05, 3.63) is 71.8 Å². The molecule has 1 aliphatic carbocycles. The van der Waals surface area contributed by atoms with Gasteiger partial charge in [-0.1, -0.05) is 81.4 Å². The van der Waals surface area contributed by atoms with Crippen LogP contribution < -0.4 is 0 Å². The molecule has 0 heteroatoms. The monoisotopic (exact) mass is 314 g/mol. The largest absolute Gasteiger partial charge is 0.0616 e. The fourth-order valence-corrected chi connectivity index (χ4v) is 4.34. The summed E-state index contributed by atoms with van der Waals surface area (Å²) in [5, 5.41) is 2.67. The minimum absolute atomic E-state index is 0.326. The number of hydrogen-bond donors (Lipinski definition) is 0. The Hall–Kier alpha value is -2.08. The van der Waals surface area contributed by atoms with Crippen molar-refractivity contribution in [2.75, 3.05) is 0 Å². The van der Waals surface area contributed by atoms with Crippen LogP contribution in [0.4, 0.5) is 0 Å². The lowest BCUT2D eigenvalue weighted by Gasteiger charge is -2.36. The zero-order chi connectivity index (χ0) is 16.7. The van der Waals surface area contributed by atoms with Crippen LogP contribution in [0.3, 0.4) is 0 Å². The van der Waals surface area contributed by atoms with Gasteiger partial charge in [0.15, 0.2) is 0 Å². The lowest BCUT2D eigenvalue weighted by Crippen LogP contribution is -2.23. The van der Waals surface area contributed by atoms with Crippen molar-refractivity contribution < 1.29 is 0 Å². The molecule has 1 unspecified atom stereocenters. The van der Waals surface area contributed by atoms with Crippen molar-refractivity contribution in [2.24, 2.45) is 5.41 Å². The minimum Gasteiger partial charge on any atom is -0.0616 e. The highest BCUT2D eigenvalue weighted by molar-refractivity contribution is 5.96. The highest BCUT2D eigenvalue weighted by Crippen LogP contribution is 2.45. The van der Waals surface area contributed by atoms with E-state index < -0.39 is 0 Å². The number of hydrogen-bond acceptors (Lipinski definition) is 0. The van der Waals surface area contributed by atoms with E-state index in [9.17, 15) is 0 Å². The highest BCUT2D eigenvalue weighted by atomic mass is 14.3. The molecule has 1 atom stereocenters. The lowest BCUT2D eigenvalue weighted by molar-refractivity contribution is 0.289. The van der Waals surface area contributed by atoms with E-state index in [0.717, 1.165) is 0 Å². The molecule has 0 saturated heterocycles. The third kappa shape index (κ3) is 2.65. The van der Waals surface area contributed by atoms with Gasteiger partial charge in [-0.2, -0.15) is 0 Å². The summed E-state index contributed by atoms with van der Waals surface area (Å²) in [6.07, 6.45) is 3.87. The van der Waals surface area contributed by atoms with Gasteiger partial charge in [0.2, 0.25) is 0 Å². The van der Waals surface area contributed by atoms with Gasteiger partial charge in [0.25, 0.3) is 0 Å². The summed E-state index contributed by atoms with van der Waals surface area (Å²) in [5.41, 5.74) is 6.19. The maximum absolute atomic E-state index is 2.48. The van der Waals surface area contributed by atoms with Gasteiger partial charge in [-0.15, -0.1) is 0 Å². The Morgan fingerprint density at radius 1 is 0.875 bits per heavy atom. The Morgan fingerprint density at radius 2 is 1.67 bits per heavy atom. The summed E-state index contributed by atoms with van der Waals surface area (Å²) in [6, 6.07) is 22.5. The number of aryl methyl sites for hydroxylation is 1. The molecule has 0 saturated carbocycles. The van der Waals surface area contributed by atoms with Crippen LogP contribution in [0.15, 0.2) is 60.7 Å². The zero-order valence-corrected chi connectivity index (χ0v) is 15.0. The van der Waals surface area contributed by atoms with Crippen LogP contribution >= 0.6 is 0 Å². The molecule has 0 aliphatic heterocycles. The average Bonchev–Trinajstić information content (AvgIpc) is 2.59. The molecule has 0 aromatic heterocycles. The van der Waals surface area contributed by atoms with Gasteiger partial charge in [0.1, 0.15) is 0 Å². The van der Waals surface area contributed by atoms with Gasteiger partial charge in [-0.05, 0) is 63.6 Å². The Labute approximate surface area is 145 Å². The molecule has 0 N–H and O–H groups in total. The molecule has 3 aromatic rings. The Kier molecular flexibility index (Phi) is 3.72. The maximum Gasteiger partial charge on any atom is -0.0105 e. The van der Waals surface area contributed by atoms with E-state index in [4.69, 9.17) is 0 Å². The van der Waals surface area contributed by atoms with Crippen molar-refractivity contribution in [1.29, 1.82) is 0 Å². The third-order valence-electron chi connectivity index (χ3n) is 5.61. The zero-order valence-electron chi connectivity index (χ0n) is 15.0. The quantitative estimate of drug-likeness (QED) is 0.455. The van der Waals surface area contributed by atoms with E-state index in [-0.39, 0.29) is 0 Å². The van der Waals surface area contributed by atoms with Gasteiger partial charge < -0.3 is 0 Å². The standard InChI is InChI=1S/C24H26/c1-24(2,3)23-13-7-10-18-14-15-19(16-22(18)23)21-12-6-9-17-8-4-5-11-20(17)21/h4-6,8-9,11-12,14-16,23H,7,10,13H2,1-3H3. The molecule has 0 nitrogen and oxygen atoms in total. The topological polar surface area (TPSA) is 0 Å². The summed E-state index contributed by atoms with van der Waals surface area (Å²) in [5.74, 6) is 0.663. The summed E-state index contributed by atoms with van der Waals surface area (Å²) in [4.78, 5) is 0. The molecule has 0 spiro atoms. The molecule has 0 fully saturated rings. The van der Waals surface area contributed by atoms with Gasteiger partial charge in [-0.25, -0.2) is 0 Å². The number of benzene rings is 3. The maximum atomic E-state index is 2.48. The van der Waals surface area contributed by atoms with Crippen molar-refractivity contribution in [3.63, 3.8) is 0 Å². The number of fused-ring (bicyclic) bond motifs is 2. The van der Waals surface area contributed by atoms with Crippen LogP contribution in [0.2, 0.25) is 0 Å². The van der Waals surface area contributed by atoms with E-state index >= 15 is 0 Å². The smallest absolute Gasteiger partial charge is 0.0105 e. The van der Waals surface area contributed by atoms with Crippen LogP contribution in [0.5, 0.6) is 0 Å². The Bertz CT molecular complexity index is 875. The van der Waals surface area contributed by atoms with E-state index in [1.54, 1.807) is 11.1 Å². The molecule has 1 aliphatic rings. The fraction of sp³-hybridized carbons (Fsp3) is 0.333. The SMILES string of the molecule is CC(C)(C)C1CCCc2ccc(-c3cccc4ccccc34)cc21. The highest BCUT2D eigenvalue weighted by Gasteiger charge is 2.30. The van der Waals surface area contributed by atoms with E-state index in [0.29, 0.717) is 11.3 Å². The minimum atomic E-state index is 0.326. The van der Waals surface area contributed by atoms with Crippen LogP contribution in [0.1, 0.15) is 50.7 Å². The molecule has 122 valence electrons. The molecule has 0 bridgehead atoms. The van der Waals surface area contributed by atoms with Crippen molar-refractivity contribution in [2.45, 2.75) is 46.0 Å². The second kappa shape index (κ2) is 5.77. The summed E-state index contributed by atoms with van der Waals surface area (Å²) in [6.45, 7) is 7.16. The average molecular weight is 314 g/mol. The first-order chi connectivity index (χ1) is 11.5. The molecule has 0 heterocycles. The van der Waals surface area contributed by atoms with Crippen molar-refractivity contribution >= 4 is 10.8 Å². The van der Waals surface area contributed by atoms with Gasteiger partial charge >= 0.3 is 0 Å². The van der Waals surface area contributed by atoms with Crippen molar-refractivity contribution in [3.8, 4) is 11.1 Å². The first-order valence-electron chi connectivity index (χ1n) is 9.15. The van der Waals surface area contributed by atoms with Gasteiger partial charge in [0, 0.05) is 0 Å². The molecular weight excluding hydrogens is 288 g/mol. The predicted molar refractivity (Wildman–Crippen MR) is 105 cm³/mol. The third-order valence-corrected chi connectivity index (χ3v) is 5.61. The van der Waals surface area contributed by atoms with E-state index in [2.05, 4.69) is 81.4 Å². The fourth-order valence-electron chi connectivity index (χ4n) is 4.34. The van der Waals surface area contributed by atoms with Crippen molar-refractivity contribution in [1.82, 2.24) is 0 Å². The van der Waals surface area contributed by atoms with Gasteiger partial charge in [-0.3, -0.25) is 0 Å². The van der Waals surface area contributed by atoms with Gasteiger partial charge in [0.05, 0.1) is 0 Å². The molecule has 0 radical (unpaired) electrons. The Morgan fingerprint density at radius 3 is 2.50 bits per heavy atom. The lowest BCUT2D eigenvalue weighted by atomic mass is 9.69. The van der Waals surface area contributed by atoms with Crippen LogP contribution in [0, 0.1) is 5.41 Å². The second-order valence-electron chi connectivity index (χ2n) is 8.25. The van der Waals surface area contributed by atoms with Crippen LogP contribution in [-0.4, -0.2) is 0 Å². The van der Waals surface area contributed by atoms with Crippen LogP contribution in [-0.2, 0) is 6.42 Å². The Balaban J connectivity index is 1.88. The summed E-state index contributed by atoms with van der Waals surface area (Å²) < 4.78 is 0. The van der Waals surface area contributed by atoms with E-state index in [1.807, 2.05) is 0 Å². The molecule has 24 heavy (non-hydrogen) atoms. The number of rotatable bonds is 1. The summed E-state index contributed by atoms with van der Waals surface area (Å²) >= 11 is 0. The predicted octanol–water partition coefficient (Wildman–Crippen LogP) is 6.97. The first-order valence-corrected chi connectivity index (χ1v) is 9.15. The second-order valence-corrected chi connectivity index (χ2v) is 8.25. The molecule has 3 aromatic carbocycles. The molecule has 4 rings (SSSR count). The normalized spacial score (nSPS) is 17.7.